The predicted octanol–water partition coefficient (Wildman–Crippen LogP) is 1.87. The lowest BCUT2D eigenvalue weighted by atomic mass is 10.2. The highest BCUT2D eigenvalue weighted by molar-refractivity contribution is 7.78. The van der Waals surface area contributed by atoms with Crippen molar-refractivity contribution in [3.8, 4) is 0 Å². The summed E-state index contributed by atoms with van der Waals surface area (Å²) >= 11 is 4.43. The minimum absolute atomic E-state index is 0.0477. The van der Waals surface area contributed by atoms with Crippen LogP contribution in [0.4, 0.5) is 11.4 Å². The Bertz CT molecular complexity index is 551. The first-order valence-corrected chi connectivity index (χ1v) is 4.12. The lowest BCUT2D eigenvalue weighted by Crippen LogP contribution is -1.88. The Hall–Kier alpha value is -2.18. The van der Waals surface area contributed by atoms with E-state index in [0.717, 1.165) is 0 Å². The summed E-state index contributed by atoms with van der Waals surface area (Å²) in [6.07, 6.45) is 0. The van der Waals surface area contributed by atoms with Crippen LogP contribution < -0.4 is 0 Å². The number of aromatic nitrogens is 2. The zero-order chi connectivity index (χ0) is 10.8. The van der Waals surface area contributed by atoms with Crippen molar-refractivity contribution >= 4 is 39.8 Å². The number of rotatable bonds is 2. The number of isothiocyanates is 1. The summed E-state index contributed by atoms with van der Waals surface area (Å²) in [5.74, 6) is 0. The number of nitro benzene ring substituents is 1. The third-order valence-electron chi connectivity index (χ3n) is 1.74. The summed E-state index contributed by atoms with van der Waals surface area (Å²) in [7, 11) is 0. The fraction of sp³-hybridized carbons (Fsp3) is 0. The number of thiocarbonyl (C=S) groups is 1. The molecule has 0 fully saturated rings. The maximum atomic E-state index is 10.6. The second kappa shape index (κ2) is 3.52. The zero-order valence-corrected chi connectivity index (χ0v) is 7.89. The normalized spacial score (nSPS) is 9.87. The number of fused-ring (bicyclic) bond motifs is 1. The molecular formula is C7H2N4O3S. The van der Waals surface area contributed by atoms with Crippen molar-refractivity contribution in [1.29, 1.82) is 0 Å². The van der Waals surface area contributed by atoms with Crippen LogP contribution in [0.2, 0.25) is 0 Å². The molecule has 1 heterocycles. The first kappa shape index (κ1) is 9.38. The van der Waals surface area contributed by atoms with Crippen LogP contribution in [-0.2, 0) is 0 Å². The highest BCUT2D eigenvalue weighted by atomic mass is 32.1. The van der Waals surface area contributed by atoms with Crippen LogP contribution in [0.5, 0.6) is 0 Å². The Morgan fingerprint density at radius 1 is 1.47 bits per heavy atom. The molecule has 0 aliphatic carbocycles. The van der Waals surface area contributed by atoms with Gasteiger partial charge in [-0.05, 0) is 28.6 Å². The number of nitro groups is 1. The summed E-state index contributed by atoms with van der Waals surface area (Å²) < 4.78 is 4.42. The van der Waals surface area contributed by atoms with Crippen LogP contribution in [0.15, 0.2) is 21.8 Å². The molecule has 0 N–H and O–H groups in total. The van der Waals surface area contributed by atoms with Gasteiger partial charge < -0.3 is 0 Å². The molecule has 74 valence electrons. The summed E-state index contributed by atoms with van der Waals surface area (Å²) in [4.78, 5) is 13.7. The van der Waals surface area contributed by atoms with Crippen molar-refractivity contribution in [2.45, 2.75) is 0 Å². The molecule has 0 amide bonds. The lowest BCUT2D eigenvalue weighted by Gasteiger charge is -1.92. The van der Waals surface area contributed by atoms with Crippen molar-refractivity contribution in [2.75, 3.05) is 0 Å². The van der Waals surface area contributed by atoms with Gasteiger partial charge in [-0.2, -0.15) is 4.99 Å². The second-order valence-electron chi connectivity index (χ2n) is 2.53. The number of aliphatic imine (C=N–C) groups is 1. The predicted molar refractivity (Wildman–Crippen MR) is 53.1 cm³/mol. The van der Waals surface area contributed by atoms with E-state index in [9.17, 15) is 10.1 Å². The van der Waals surface area contributed by atoms with Crippen molar-refractivity contribution in [3.05, 3.63) is 22.2 Å². The molecule has 1 aromatic heterocycles. The monoisotopic (exact) mass is 222 g/mol. The van der Waals surface area contributed by atoms with Gasteiger partial charge in [-0.3, -0.25) is 10.1 Å². The van der Waals surface area contributed by atoms with Gasteiger partial charge in [0.15, 0.2) is 5.52 Å². The van der Waals surface area contributed by atoms with Crippen LogP contribution in [-0.4, -0.2) is 20.4 Å². The Kier molecular flexibility index (Phi) is 2.20. The number of benzene rings is 1. The maximum absolute atomic E-state index is 10.6. The molecule has 0 aliphatic heterocycles. The van der Waals surface area contributed by atoms with Crippen LogP contribution in [0.25, 0.3) is 11.0 Å². The molecule has 0 unspecified atom stereocenters. The molecule has 0 saturated heterocycles. The highest BCUT2D eigenvalue weighted by Gasteiger charge is 2.18. The lowest BCUT2D eigenvalue weighted by molar-refractivity contribution is -0.383. The summed E-state index contributed by atoms with van der Waals surface area (Å²) in [6, 6.07) is 2.67. The minimum atomic E-state index is -0.572. The molecule has 0 spiro atoms. The maximum Gasteiger partial charge on any atom is 0.300 e. The molecule has 0 atom stereocenters. The van der Waals surface area contributed by atoms with Crippen molar-refractivity contribution in [3.63, 3.8) is 0 Å². The van der Waals surface area contributed by atoms with Crippen LogP contribution in [0, 0.1) is 10.1 Å². The van der Waals surface area contributed by atoms with E-state index in [0.29, 0.717) is 5.69 Å². The van der Waals surface area contributed by atoms with Crippen molar-refractivity contribution < 1.29 is 9.55 Å². The minimum Gasteiger partial charge on any atom is -0.258 e. The van der Waals surface area contributed by atoms with Crippen LogP contribution in [0.1, 0.15) is 0 Å². The molecule has 7 nitrogen and oxygen atoms in total. The molecule has 2 aromatic rings. The van der Waals surface area contributed by atoms with E-state index in [1.807, 2.05) is 0 Å². The van der Waals surface area contributed by atoms with Gasteiger partial charge in [-0.15, -0.1) is 0 Å². The molecule has 0 bridgehead atoms. The van der Waals surface area contributed by atoms with Gasteiger partial charge in [0.1, 0.15) is 5.69 Å². The highest BCUT2D eigenvalue weighted by Crippen LogP contribution is 2.29. The van der Waals surface area contributed by atoms with Crippen LogP contribution in [0.3, 0.4) is 0 Å². The number of nitrogens with zero attached hydrogens (tertiary/aromatic N) is 4. The van der Waals surface area contributed by atoms with Gasteiger partial charge in [0.25, 0.3) is 0 Å². The average molecular weight is 222 g/mol. The molecule has 2 rings (SSSR count). The van der Waals surface area contributed by atoms with Crippen LogP contribution >= 0.6 is 12.2 Å². The van der Waals surface area contributed by atoms with Gasteiger partial charge in [0.05, 0.1) is 10.1 Å². The smallest absolute Gasteiger partial charge is 0.258 e. The molecule has 0 saturated carbocycles. The Balaban J connectivity index is 2.81. The fourth-order valence-corrected chi connectivity index (χ4v) is 1.23. The molecule has 0 radical (unpaired) electrons. The molecule has 8 heteroatoms. The van der Waals surface area contributed by atoms with Crippen molar-refractivity contribution in [2.24, 2.45) is 4.99 Å². The summed E-state index contributed by atoms with van der Waals surface area (Å²) in [5.41, 5.74) is 0.398. The fourth-order valence-electron chi connectivity index (χ4n) is 1.13. The second-order valence-corrected chi connectivity index (χ2v) is 2.71. The van der Waals surface area contributed by atoms with E-state index < -0.39 is 4.92 Å². The third-order valence-corrected chi connectivity index (χ3v) is 1.83. The zero-order valence-electron chi connectivity index (χ0n) is 7.08. The first-order valence-electron chi connectivity index (χ1n) is 3.71. The molecule has 0 aliphatic rings. The number of non-ortho nitro benzene ring substituents is 1. The SMILES string of the molecule is O=[N+]([O-])c1ccc(N=C=S)c2nonc12. The van der Waals surface area contributed by atoms with E-state index in [1.165, 1.54) is 12.1 Å². The topological polar surface area (TPSA) is 94.4 Å². The summed E-state index contributed by atoms with van der Waals surface area (Å²) in [5, 5.41) is 19.7. The Morgan fingerprint density at radius 3 is 2.87 bits per heavy atom. The first-order chi connectivity index (χ1) is 7.24. The van der Waals surface area contributed by atoms with Gasteiger partial charge in [0.2, 0.25) is 5.52 Å². The van der Waals surface area contributed by atoms with Crippen molar-refractivity contribution in [1.82, 2.24) is 10.3 Å². The van der Waals surface area contributed by atoms with E-state index in [-0.39, 0.29) is 16.7 Å². The van der Waals surface area contributed by atoms with E-state index in [4.69, 9.17) is 0 Å². The van der Waals surface area contributed by atoms with E-state index in [1.54, 1.807) is 0 Å². The average Bonchev–Trinajstić information content (AvgIpc) is 2.66. The Morgan fingerprint density at radius 2 is 2.20 bits per heavy atom. The standard InChI is InChI=1S/C7H2N4O3S/c12-11(13)5-2-1-4(8-3-15)6-7(5)10-14-9-6/h1-2H. The molecular weight excluding hydrogens is 220 g/mol. The third kappa shape index (κ3) is 1.47. The number of hydrogen-bond acceptors (Lipinski definition) is 7. The van der Waals surface area contributed by atoms with E-state index in [2.05, 4.69) is 37.3 Å². The van der Waals surface area contributed by atoms with Gasteiger partial charge in [-0.25, -0.2) is 4.63 Å². The quantitative estimate of drug-likeness (QED) is 0.333. The molecule has 15 heavy (non-hydrogen) atoms. The summed E-state index contributed by atoms with van der Waals surface area (Å²) in [6.45, 7) is 0. The van der Waals surface area contributed by atoms with Gasteiger partial charge >= 0.3 is 5.69 Å². The Labute approximate surface area is 87.5 Å². The number of hydrogen-bond donors (Lipinski definition) is 0. The largest absolute Gasteiger partial charge is 0.300 e. The van der Waals surface area contributed by atoms with Gasteiger partial charge in [-0.1, -0.05) is 0 Å². The molecule has 1 aromatic carbocycles. The van der Waals surface area contributed by atoms with Gasteiger partial charge in [0, 0.05) is 6.07 Å². The van der Waals surface area contributed by atoms with E-state index >= 15 is 0 Å².